The molecule has 2 heterocycles. The van der Waals surface area contributed by atoms with Gasteiger partial charge >= 0.3 is 0 Å². The number of hydrogen-bond donors (Lipinski definition) is 1. The third-order valence-corrected chi connectivity index (χ3v) is 4.87. The van der Waals surface area contributed by atoms with Crippen molar-refractivity contribution in [3.05, 3.63) is 82.2 Å². The number of aromatic nitrogens is 3. The Labute approximate surface area is 155 Å². The molecule has 0 atom stereocenters. The molecule has 1 N–H and O–H groups in total. The van der Waals surface area contributed by atoms with Gasteiger partial charge in [-0.15, -0.1) is 0 Å². The molecular formula is C20H15Cl2N3. The minimum Gasteiger partial charge on any atom is -0.327 e. The van der Waals surface area contributed by atoms with Crippen LogP contribution in [0.1, 0.15) is 11.4 Å². The van der Waals surface area contributed by atoms with E-state index in [-0.39, 0.29) is 0 Å². The maximum atomic E-state index is 6.07. The van der Waals surface area contributed by atoms with Crippen LogP contribution in [0.5, 0.6) is 0 Å². The molecule has 0 saturated carbocycles. The van der Waals surface area contributed by atoms with Gasteiger partial charge in [-0.3, -0.25) is 0 Å². The van der Waals surface area contributed by atoms with Crippen molar-refractivity contribution < 1.29 is 0 Å². The van der Waals surface area contributed by atoms with E-state index in [2.05, 4.69) is 33.2 Å². The first kappa shape index (κ1) is 16.1. The summed E-state index contributed by atoms with van der Waals surface area (Å²) >= 11 is 12.0. The highest BCUT2D eigenvalue weighted by atomic mass is 35.5. The second-order valence-electron chi connectivity index (χ2n) is 5.89. The molecule has 2 aromatic carbocycles. The molecule has 25 heavy (non-hydrogen) atoms. The maximum absolute atomic E-state index is 6.07. The highest BCUT2D eigenvalue weighted by Crippen LogP contribution is 2.24. The first-order valence-corrected chi connectivity index (χ1v) is 8.78. The van der Waals surface area contributed by atoms with Crippen molar-refractivity contribution in [1.29, 1.82) is 0 Å². The van der Waals surface area contributed by atoms with Crippen LogP contribution in [0.15, 0.2) is 60.8 Å². The molecule has 0 aliphatic heterocycles. The fraction of sp³-hybridized carbons (Fsp3) is 0.100. The van der Waals surface area contributed by atoms with E-state index in [4.69, 9.17) is 23.2 Å². The van der Waals surface area contributed by atoms with E-state index in [9.17, 15) is 0 Å². The quantitative estimate of drug-likeness (QED) is 0.501. The number of halogens is 2. The van der Waals surface area contributed by atoms with E-state index in [1.165, 1.54) is 0 Å². The molecule has 0 radical (unpaired) electrons. The zero-order valence-corrected chi connectivity index (χ0v) is 14.8. The van der Waals surface area contributed by atoms with Crippen LogP contribution >= 0.6 is 23.2 Å². The van der Waals surface area contributed by atoms with Gasteiger partial charge in [-0.1, -0.05) is 59.6 Å². The molecular weight excluding hydrogens is 353 g/mol. The average molecular weight is 368 g/mol. The Morgan fingerprint density at radius 3 is 2.48 bits per heavy atom. The van der Waals surface area contributed by atoms with E-state index in [1.807, 2.05) is 42.6 Å². The summed E-state index contributed by atoms with van der Waals surface area (Å²) < 4.78 is 0. The number of aromatic amines is 1. The average Bonchev–Trinajstić information content (AvgIpc) is 3.05. The second-order valence-corrected chi connectivity index (χ2v) is 6.70. The summed E-state index contributed by atoms with van der Waals surface area (Å²) in [5, 5.41) is 1.16. The number of fused-ring (bicyclic) bond motifs is 1. The van der Waals surface area contributed by atoms with Gasteiger partial charge in [0.1, 0.15) is 11.3 Å². The van der Waals surface area contributed by atoms with Gasteiger partial charge in [-0.25, -0.2) is 9.97 Å². The van der Waals surface area contributed by atoms with Crippen LogP contribution in [0.4, 0.5) is 0 Å². The summed E-state index contributed by atoms with van der Waals surface area (Å²) in [4.78, 5) is 12.5. The Morgan fingerprint density at radius 1 is 0.840 bits per heavy atom. The smallest absolute Gasteiger partial charge is 0.157 e. The molecule has 0 aliphatic rings. The van der Waals surface area contributed by atoms with E-state index in [1.54, 1.807) is 0 Å². The molecule has 0 aliphatic carbocycles. The van der Waals surface area contributed by atoms with Crippen molar-refractivity contribution in [2.24, 2.45) is 0 Å². The maximum Gasteiger partial charge on any atom is 0.157 e. The normalized spacial score (nSPS) is 11.1. The van der Waals surface area contributed by atoms with Crippen molar-refractivity contribution in [1.82, 2.24) is 15.0 Å². The molecule has 4 aromatic rings. The molecule has 0 saturated heterocycles. The molecule has 0 fully saturated rings. The van der Waals surface area contributed by atoms with Crippen LogP contribution < -0.4 is 0 Å². The van der Waals surface area contributed by atoms with Gasteiger partial charge in [0.05, 0.1) is 10.0 Å². The van der Waals surface area contributed by atoms with Gasteiger partial charge in [0.2, 0.25) is 0 Å². The molecule has 3 nitrogen and oxygen atoms in total. The van der Waals surface area contributed by atoms with Crippen molar-refractivity contribution >= 4 is 34.4 Å². The summed E-state index contributed by atoms with van der Waals surface area (Å²) in [5.74, 6) is 0.916. The van der Waals surface area contributed by atoms with Crippen molar-refractivity contribution in [3.8, 4) is 11.1 Å². The number of hydrogen-bond acceptors (Lipinski definition) is 2. The first-order chi connectivity index (χ1) is 12.2. The van der Waals surface area contributed by atoms with Crippen LogP contribution in [-0.2, 0) is 12.8 Å². The largest absolute Gasteiger partial charge is 0.327 e. The van der Waals surface area contributed by atoms with Crippen molar-refractivity contribution in [2.45, 2.75) is 12.8 Å². The Hall–Kier alpha value is -2.36. The number of nitrogens with zero attached hydrogens (tertiary/aromatic N) is 2. The standard InChI is InChI=1S/C20H15Cl2N3/c21-16-8-6-13(10-17(16)22)7-9-19-24-18-11-15(12-23-20(18)25-19)14-4-2-1-3-5-14/h1-6,8,10-12H,7,9H2,(H,23,24,25). The summed E-state index contributed by atoms with van der Waals surface area (Å²) in [6.07, 6.45) is 3.50. The topological polar surface area (TPSA) is 41.6 Å². The van der Waals surface area contributed by atoms with Crippen LogP contribution in [0.3, 0.4) is 0 Å². The first-order valence-electron chi connectivity index (χ1n) is 8.03. The predicted octanol–water partition coefficient (Wildman–Crippen LogP) is 5.72. The highest BCUT2D eigenvalue weighted by Gasteiger charge is 2.07. The SMILES string of the molecule is Clc1ccc(CCc2nc3cc(-c4ccccc4)cnc3[nH]2)cc1Cl. The van der Waals surface area contributed by atoms with E-state index in [0.29, 0.717) is 10.0 Å². The molecule has 0 amide bonds. The highest BCUT2D eigenvalue weighted by molar-refractivity contribution is 6.42. The zero-order valence-electron chi connectivity index (χ0n) is 13.3. The van der Waals surface area contributed by atoms with Gasteiger partial charge in [0.15, 0.2) is 5.65 Å². The van der Waals surface area contributed by atoms with E-state index >= 15 is 0 Å². The van der Waals surface area contributed by atoms with Gasteiger partial charge in [0.25, 0.3) is 0 Å². The molecule has 5 heteroatoms. The monoisotopic (exact) mass is 367 g/mol. The Balaban J connectivity index is 1.55. The Morgan fingerprint density at radius 2 is 1.68 bits per heavy atom. The Bertz CT molecular complexity index is 1030. The molecule has 2 aromatic heterocycles. The lowest BCUT2D eigenvalue weighted by Crippen LogP contribution is -1.93. The predicted molar refractivity (Wildman–Crippen MR) is 103 cm³/mol. The van der Waals surface area contributed by atoms with Gasteiger partial charge in [-0.2, -0.15) is 0 Å². The molecule has 4 rings (SSSR count). The summed E-state index contributed by atoms with van der Waals surface area (Å²) in [7, 11) is 0. The van der Waals surface area contributed by atoms with Gasteiger partial charge < -0.3 is 4.98 Å². The third kappa shape index (κ3) is 3.53. The zero-order chi connectivity index (χ0) is 17.2. The lowest BCUT2D eigenvalue weighted by atomic mass is 10.1. The molecule has 124 valence electrons. The van der Waals surface area contributed by atoms with Crippen LogP contribution in [0.2, 0.25) is 10.0 Å². The number of nitrogens with one attached hydrogen (secondary N) is 1. The Kier molecular flexibility index (Phi) is 4.43. The van der Waals surface area contributed by atoms with Crippen LogP contribution in [0.25, 0.3) is 22.3 Å². The minimum atomic E-state index is 0.576. The fourth-order valence-electron chi connectivity index (χ4n) is 2.81. The lowest BCUT2D eigenvalue weighted by molar-refractivity contribution is 0.889. The van der Waals surface area contributed by atoms with Crippen molar-refractivity contribution in [2.75, 3.05) is 0 Å². The molecule has 0 unspecified atom stereocenters. The fourth-order valence-corrected chi connectivity index (χ4v) is 3.13. The number of H-pyrrole nitrogens is 1. The number of aryl methyl sites for hydroxylation is 2. The minimum absolute atomic E-state index is 0.576. The van der Waals surface area contributed by atoms with Gasteiger partial charge in [0, 0.05) is 18.2 Å². The summed E-state index contributed by atoms with van der Waals surface area (Å²) in [6, 6.07) is 18.0. The summed E-state index contributed by atoms with van der Waals surface area (Å²) in [6.45, 7) is 0. The third-order valence-electron chi connectivity index (χ3n) is 4.13. The van der Waals surface area contributed by atoms with E-state index < -0.39 is 0 Å². The molecule has 0 spiro atoms. The summed E-state index contributed by atoms with van der Waals surface area (Å²) in [5.41, 5.74) is 5.02. The van der Waals surface area contributed by atoms with Crippen LogP contribution in [-0.4, -0.2) is 15.0 Å². The number of imidazole rings is 1. The van der Waals surface area contributed by atoms with E-state index in [0.717, 1.165) is 46.5 Å². The van der Waals surface area contributed by atoms with Crippen LogP contribution in [0, 0.1) is 0 Å². The lowest BCUT2D eigenvalue weighted by Gasteiger charge is -2.01. The van der Waals surface area contributed by atoms with Crippen molar-refractivity contribution in [3.63, 3.8) is 0 Å². The number of benzene rings is 2. The second kappa shape index (κ2) is 6.87. The number of pyridine rings is 1. The molecule has 0 bridgehead atoms. The van der Waals surface area contributed by atoms with Gasteiger partial charge in [-0.05, 0) is 35.7 Å². The number of rotatable bonds is 4.